The number of hydrogen-bond acceptors (Lipinski definition) is 3. The Hall–Kier alpha value is -3.60. The van der Waals surface area contributed by atoms with Crippen LogP contribution in [-0.4, -0.2) is 21.5 Å². The Bertz CT molecular complexity index is 1280. The van der Waals surface area contributed by atoms with Gasteiger partial charge < -0.3 is 14.2 Å². The number of nitrogens with zero attached hydrogens (tertiary/aromatic N) is 3. The van der Waals surface area contributed by atoms with Crippen molar-refractivity contribution >= 4 is 22.6 Å². The van der Waals surface area contributed by atoms with Gasteiger partial charge in [0, 0.05) is 11.7 Å². The van der Waals surface area contributed by atoms with Crippen molar-refractivity contribution in [3.05, 3.63) is 89.7 Å². The van der Waals surface area contributed by atoms with Gasteiger partial charge in [-0.1, -0.05) is 56.3 Å². The van der Waals surface area contributed by atoms with Gasteiger partial charge in [-0.15, -0.1) is 0 Å². The van der Waals surface area contributed by atoms with E-state index in [1.54, 1.807) is 0 Å². The SMILES string of the molecule is Cc1ccc(C(C)C)c(OCc2nc3ccccc3n2CC(=O)N(c2ccccc2)C(C)C)c1. The van der Waals surface area contributed by atoms with Crippen molar-refractivity contribution in [1.82, 2.24) is 9.55 Å². The molecule has 5 nitrogen and oxygen atoms in total. The maximum atomic E-state index is 13.5. The third kappa shape index (κ3) is 4.98. The second-order valence-corrected chi connectivity index (χ2v) is 9.28. The van der Waals surface area contributed by atoms with E-state index in [-0.39, 0.29) is 25.1 Å². The van der Waals surface area contributed by atoms with Gasteiger partial charge >= 0.3 is 0 Å². The number of para-hydroxylation sites is 3. The highest BCUT2D eigenvalue weighted by atomic mass is 16.5. The van der Waals surface area contributed by atoms with E-state index in [0.29, 0.717) is 5.92 Å². The Balaban J connectivity index is 1.66. The number of anilines is 1. The van der Waals surface area contributed by atoms with Crippen LogP contribution in [0, 0.1) is 6.92 Å². The molecule has 0 radical (unpaired) electrons. The number of aromatic nitrogens is 2. The number of fused-ring (bicyclic) bond motifs is 1. The molecule has 0 aliphatic rings. The Morgan fingerprint density at radius 1 is 0.971 bits per heavy atom. The second-order valence-electron chi connectivity index (χ2n) is 9.28. The summed E-state index contributed by atoms with van der Waals surface area (Å²) in [4.78, 5) is 20.2. The molecule has 0 spiro atoms. The average Bonchev–Trinajstić information content (AvgIpc) is 3.15. The van der Waals surface area contributed by atoms with Crippen LogP contribution < -0.4 is 9.64 Å². The molecule has 0 fully saturated rings. The molecule has 0 aliphatic heterocycles. The molecular weight excluding hydrogens is 422 g/mol. The fourth-order valence-corrected chi connectivity index (χ4v) is 4.33. The Morgan fingerprint density at radius 3 is 2.38 bits per heavy atom. The Kier molecular flexibility index (Phi) is 7.01. The molecule has 0 saturated heterocycles. The van der Waals surface area contributed by atoms with Crippen LogP contribution in [0.15, 0.2) is 72.8 Å². The van der Waals surface area contributed by atoms with E-state index >= 15 is 0 Å². The van der Waals surface area contributed by atoms with Gasteiger partial charge in [0.15, 0.2) is 0 Å². The number of aryl methyl sites for hydroxylation is 1. The lowest BCUT2D eigenvalue weighted by atomic mass is 10.0. The summed E-state index contributed by atoms with van der Waals surface area (Å²) in [5.41, 5.74) is 5.00. The number of benzene rings is 3. The Morgan fingerprint density at radius 2 is 1.68 bits per heavy atom. The summed E-state index contributed by atoms with van der Waals surface area (Å²) in [6.07, 6.45) is 0. The molecule has 0 aliphatic carbocycles. The third-order valence-electron chi connectivity index (χ3n) is 5.99. The standard InChI is InChI=1S/C29H33N3O2/c1-20(2)24-16-15-22(5)17-27(24)34-19-28-30-25-13-9-10-14-26(25)31(28)18-29(33)32(21(3)4)23-11-7-6-8-12-23/h6-17,20-21H,18-19H2,1-5H3. The van der Waals surface area contributed by atoms with Crippen molar-refractivity contribution in [3.63, 3.8) is 0 Å². The van der Waals surface area contributed by atoms with Crippen molar-refractivity contribution in [1.29, 1.82) is 0 Å². The van der Waals surface area contributed by atoms with E-state index in [4.69, 9.17) is 9.72 Å². The zero-order valence-corrected chi connectivity index (χ0v) is 20.7. The number of amides is 1. The zero-order valence-electron chi connectivity index (χ0n) is 20.7. The number of hydrogen-bond donors (Lipinski definition) is 0. The lowest BCUT2D eigenvalue weighted by Crippen LogP contribution is -2.39. The summed E-state index contributed by atoms with van der Waals surface area (Å²) in [7, 11) is 0. The molecule has 1 heterocycles. The molecule has 0 bridgehead atoms. The average molecular weight is 456 g/mol. The molecule has 176 valence electrons. The van der Waals surface area contributed by atoms with Crippen LogP contribution in [0.25, 0.3) is 11.0 Å². The van der Waals surface area contributed by atoms with Crippen LogP contribution in [0.3, 0.4) is 0 Å². The fraction of sp³-hybridized carbons (Fsp3) is 0.310. The highest BCUT2D eigenvalue weighted by Crippen LogP contribution is 2.29. The first-order chi connectivity index (χ1) is 16.3. The molecule has 3 aromatic carbocycles. The highest BCUT2D eigenvalue weighted by molar-refractivity contribution is 5.94. The molecule has 1 amide bonds. The minimum Gasteiger partial charge on any atom is -0.485 e. The van der Waals surface area contributed by atoms with E-state index in [9.17, 15) is 4.79 Å². The van der Waals surface area contributed by atoms with E-state index in [1.165, 1.54) is 5.56 Å². The first-order valence-electron chi connectivity index (χ1n) is 11.9. The van der Waals surface area contributed by atoms with E-state index in [0.717, 1.165) is 33.9 Å². The molecule has 0 N–H and O–H groups in total. The normalized spacial score (nSPS) is 11.4. The molecule has 1 aromatic heterocycles. The van der Waals surface area contributed by atoms with Crippen molar-refractivity contribution in [2.45, 2.75) is 59.7 Å². The van der Waals surface area contributed by atoms with Crippen LogP contribution in [0.2, 0.25) is 0 Å². The quantitative estimate of drug-likeness (QED) is 0.305. The van der Waals surface area contributed by atoms with Crippen LogP contribution in [0.4, 0.5) is 5.69 Å². The van der Waals surface area contributed by atoms with Crippen LogP contribution in [-0.2, 0) is 17.9 Å². The smallest absolute Gasteiger partial charge is 0.247 e. The van der Waals surface area contributed by atoms with Gasteiger partial charge in [0.05, 0.1) is 11.0 Å². The first-order valence-corrected chi connectivity index (χ1v) is 11.9. The predicted octanol–water partition coefficient (Wildman–Crippen LogP) is 6.49. The largest absolute Gasteiger partial charge is 0.485 e. The Labute approximate surface area is 202 Å². The van der Waals surface area contributed by atoms with Crippen molar-refractivity contribution in [2.24, 2.45) is 0 Å². The van der Waals surface area contributed by atoms with Gasteiger partial charge in [0.1, 0.15) is 24.7 Å². The zero-order chi connectivity index (χ0) is 24.2. The maximum absolute atomic E-state index is 13.5. The summed E-state index contributed by atoms with van der Waals surface area (Å²) < 4.78 is 8.29. The van der Waals surface area contributed by atoms with Crippen molar-refractivity contribution in [3.8, 4) is 5.75 Å². The number of imidazole rings is 1. The fourth-order valence-electron chi connectivity index (χ4n) is 4.33. The predicted molar refractivity (Wildman–Crippen MR) is 138 cm³/mol. The maximum Gasteiger partial charge on any atom is 0.247 e. The molecular formula is C29H33N3O2. The van der Waals surface area contributed by atoms with Crippen LogP contribution in [0.5, 0.6) is 5.75 Å². The first kappa shape index (κ1) is 23.6. The van der Waals surface area contributed by atoms with Gasteiger partial charge in [0.25, 0.3) is 0 Å². The number of carbonyl (C=O) groups excluding carboxylic acids is 1. The van der Waals surface area contributed by atoms with Gasteiger partial charge in [0.2, 0.25) is 5.91 Å². The van der Waals surface area contributed by atoms with E-state index in [1.807, 2.05) is 77.9 Å². The molecule has 4 aromatic rings. The monoisotopic (exact) mass is 455 g/mol. The minimum absolute atomic E-state index is 0.0176. The number of carbonyl (C=O) groups is 1. The lowest BCUT2D eigenvalue weighted by Gasteiger charge is -2.27. The molecule has 0 saturated carbocycles. The summed E-state index contributed by atoms with van der Waals surface area (Å²) in [6, 6.07) is 24.1. The summed E-state index contributed by atoms with van der Waals surface area (Å²) >= 11 is 0. The number of ether oxygens (including phenoxy) is 1. The summed E-state index contributed by atoms with van der Waals surface area (Å²) in [6.45, 7) is 10.9. The molecule has 4 rings (SSSR count). The van der Waals surface area contributed by atoms with Crippen LogP contribution >= 0.6 is 0 Å². The van der Waals surface area contributed by atoms with Gasteiger partial charge in [-0.25, -0.2) is 4.98 Å². The van der Waals surface area contributed by atoms with Crippen molar-refractivity contribution < 1.29 is 9.53 Å². The summed E-state index contributed by atoms with van der Waals surface area (Å²) in [5, 5.41) is 0. The topological polar surface area (TPSA) is 47.4 Å². The summed E-state index contributed by atoms with van der Waals surface area (Å²) in [5.74, 6) is 1.97. The van der Waals surface area contributed by atoms with Crippen molar-refractivity contribution in [2.75, 3.05) is 4.90 Å². The molecule has 0 atom stereocenters. The van der Waals surface area contributed by atoms with Gasteiger partial charge in [-0.05, 0) is 68.1 Å². The highest BCUT2D eigenvalue weighted by Gasteiger charge is 2.22. The second kappa shape index (κ2) is 10.1. The van der Waals surface area contributed by atoms with Gasteiger partial charge in [-0.3, -0.25) is 4.79 Å². The molecule has 0 unspecified atom stereocenters. The molecule has 5 heteroatoms. The third-order valence-corrected chi connectivity index (χ3v) is 5.99. The molecule has 34 heavy (non-hydrogen) atoms. The minimum atomic E-state index is 0.0176. The number of rotatable bonds is 8. The van der Waals surface area contributed by atoms with E-state index in [2.05, 4.69) is 39.0 Å². The van der Waals surface area contributed by atoms with Crippen LogP contribution in [0.1, 0.15) is 50.6 Å². The van der Waals surface area contributed by atoms with E-state index < -0.39 is 0 Å². The lowest BCUT2D eigenvalue weighted by molar-refractivity contribution is -0.119. The van der Waals surface area contributed by atoms with Gasteiger partial charge in [-0.2, -0.15) is 0 Å².